The molecule has 0 saturated heterocycles. The maximum Gasteiger partial charge on any atom is 0.347 e. The zero-order valence-electron chi connectivity index (χ0n) is 20.1. The molecule has 4 aromatic rings. The van der Waals surface area contributed by atoms with Gasteiger partial charge in [0.25, 0.3) is 0 Å². The highest BCUT2D eigenvalue weighted by atomic mass is 16.5. The Morgan fingerprint density at radius 2 is 1.81 bits per heavy atom. The summed E-state index contributed by atoms with van der Waals surface area (Å²) < 4.78 is 12.8. The van der Waals surface area contributed by atoms with Crippen LogP contribution in [0.3, 0.4) is 0 Å². The summed E-state index contributed by atoms with van der Waals surface area (Å²) in [4.78, 5) is 30.2. The Hall–Kier alpha value is -4.98. The maximum absolute atomic E-state index is 13.3. The minimum Gasteiger partial charge on any atom is -0.462 e. The molecule has 0 radical (unpaired) electrons. The SMILES string of the molecule is CCOC(=O)C1=C(Nc2ccccc2)OC(=Cc2cn(Cc3ccccc3)nc2-c2cccnc2)C1=O. The van der Waals surface area contributed by atoms with Gasteiger partial charge in [-0.2, -0.15) is 5.10 Å². The van der Waals surface area contributed by atoms with E-state index in [0.29, 0.717) is 23.5 Å². The van der Waals surface area contributed by atoms with E-state index >= 15 is 0 Å². The van der Waals surface area contributed by atoms with E-state index in [1.54, 1.807) is 42.2 Å². The average Bonchev–Trinajstić information content (AvgIpc) is 3.45. The van der Waals surface area contributed by atoms with Crippen molar-refractivity contribution in [2.75, 3.05) is 11.9 Å². The van der Waals surface area contributed by atoms with E-state index in [1.165, 1.54) is 0 Å². The van der Waals surface area contributed by atoms with E-state index in [1.807, 2.05) is 66.9 Å². The number of benzene rings is 2. The molecule has 184 valence electrons. The number of hydrogen-bond acceptors (Lipinski definition) is 7. The molecule has 0 amide bonds. The Morgan fingerprint density at radius 1 is 1.05 bits per heavy atom. The van der Waals surface area contributed by atoms with Crippen LogP contribution in [0.5, 0.6) is 0 Å². The van der Waals surface area contributed by atoms with Gasteiger partial charge >= 0.3 is 5.97 Å². The first-order valence-electron chi connectivity index (χ1n) is 11.8. The number of ketones is 1. The summed E-state index contributed by atoms with van der Waals surface area (Å²) in [7, 11) is 0. The quantitative estimate of drug-likeness (QED) is 0.214. The predicted molar refractivity (Wildman–Crippen MR) is 139 cm³/mol. The number of carbonyl (C=O) groups is 2. The van der Waals surface area contributed by atoms with Crippen molar-refractivity contribution in [2.24, 2.45) is 0 Å². The molecule has 2 aromatic heterocycles. The van der Waals surface area contributed by atoms with Crippen LogP contribution in [0.1, 0.15) is 18.1 Å². The third kappa shape index (κ3) is 5.33. The van der Waals surface area contributed by atoms with E-state index < -0.39 is 11.8 Å². The van der Waals surface area contributed by atoms with Gasteiger partial charge in [-0.3, -0.25) is 14.5 Å². The van der Waals surface area contributed by atoms with Crippen molar-refractivity contribution in [1.82, 2.24) is 14.8 Å². The number of hydrogen-bond donors (Lipinski definition) is 1. The van der Waals surface area contributed by atoms with Crippen LogP contribution in [0.25, 0.3) is 17.3 Å². The summed E-state index contributed by atoms with van der Waals surface area (Å²) in [5.74, 6) is -1.29. The van der Waals surface area contributed by atoms with E-state index in [2.05, 4.69) is 10.3 Å². The third-order valence-electron chi connectivity index (χ3n) is 5.60. The molecule has 37 heavy (non-hydrogen) atoms. The molecule has 0 aliphatic carbocycles. The van der Waals surface area contributed by atoms with E-state index in [0.717, 1.165) is 11.1 Å². The molecule has 0 atom stereocenters. The lowest BCUT2D eigenvalue weighted by molar-refractivity contribution is -0.139. The van der Waals surface area contributed by atoms with Crippen molar-refractivity contribution in [1.29, 1.82) is 0 Å². The second-order valence-electron chi connectivity index (χ2n) is 8.21. The van der Waals surface area contributed by atoms with Gasteiger partial charge in [0.05, 0.1) is 13.2 Å². The summed E-state index contributed by atoms with van der Waals surface area (Å²) in [6.45, 7) is 2.35. The van der Waals surface area contributed by atoms with E-state index in [-0.39, 0.29) is 23.8 Å². The highest BCUT2D eigenvalue weighted by molar-refractivity contribution is 6.26. The number of Topliss-reactive ketones (excluding diaryl/α,β-unsaturated/α-hetero) is 1. The standard InChI is InChI=1S/C29H24N4O4/c1-2-36-29(35)25-27(34)24(37-28(25)31-23-13-7-4-8-14-23)16-22-19-33(18-20-10-5-3-6-11-20)32-26(22)21-12-9-15-30-17-21/h3-17,19,31H,2,18H2,1H3. The highest BCUT2D eigenvalue weighted by Crippen LogP contribution is 2.31. The number of anilines is 1. The van der Waals surface area contributed by atoms with Crippen LogP contribution in [-0.2, 0) is 25.6 Å². The molecular formula is C29H24N4O4. The van der Waals surface area contributed by atoms with Gasteiger partial charge in [0.1, 0.15) is 5.69 Å². The molecule has 3 heterocycles. The lowest BCUT2D eigenvalue weighted by Crippen LogP contribution is -2.16. The second-order valence-corrected chi connectivity index (χ2v) is 8.21. The van der Waals surface area contributed by atoms with Gasteiger partial charge in [0.15, 0.2) is 11.3 Å². The van der Waals surface area contributed by atoms with Crippen LogP contribution in [0, 0.1) is 0 Å². The van der Waals surface area contributed by atoms with Crippen LogP contribution in [0.4, 0.5) is 5.69 Å². The van der Waals surface area contributed by atoms with Crippen LogP contribution in [-0.4, -0.2) is 33.1 Å². The first kappa shape index (κ1) is 23.7. The van der Waals surface area contributed by atoms with Crippen molar-refractivity contribution in [2.45, 2.75) is 13.5 Å². The van der Waals surface area contributed by atoms with Crippen molar-refractivity contribution in [3.05, 3.63) is 120 Å². The lowest BCUT2D eigenvalue weighted by atomic mass is 10.1. The highest BCUT2D eigenvalue weighted by Gasteiger charge is 2.37. The summed E-state index contributed by atoms with van der Waals surface area (Å²) in [6, 6.07) is 22.8. The van der Waals surface area contributed by atoms with E-state index in [9.17, 15) is 9.59 Å². The number of esters is 1. The molecule has 0 unspecified atom stereocenters. The van der Waals surface area contributed by atoms with Gasteiger partial charge in [-0.25, -0.2) is 4.79 Å². The number of nitrogens with zero attached hydrogens (tertiary/aromatic N) is 3. The first-order chi connectivity index (χ1) is 18.1. The molecule has 1 aliphatic heterocycles. The number of rotatable bonds is 8. The number of aromatic nitrogens is 3. The molecule has 8 heteroatoms. The molecule has 2 aromatic carbocycles. The Bertz CT molecular complexity index is 1480. The summed E-state index contributed by atoms with van der Waals surface area (Å²) in [6.07, 6.45) is 6.83. The molecular weight excluding hydrogens is 468 g/mol. The maximum atomic E-state index is 13.3. The van der Waals surface area contributed by atoms with Gasteiger partial charge in [0.2, 0.25) is 11.7 Å². The van der Waals surface area contributed by atoms with Crippen molar-refractivity contribution in [3.8, 4) is 11.3 Å². The normalized spacial score (nSPS) is 14.1. The molecule has 1 N–H and O–H groups in total. The molecule has 1 aliphatic rings. The monoisotopic (exact) mass is 492 g/mol. The minimum atomic E-state index is -0.749. The van der Waals surface area contributed by atoms with Crippen molar-refractivity contribution in [3.63, 3.8) is 0 Å². The van der Waals surface area contributed by atoms with Crippen LogP contribution in [0.2, 0.25) is 0 Å². The Kier molecular flexibility index (Phi) is 6.89. The lowest BCUT2D eigenvalue weighted by Gasteiger charge is -2.08. The van der Waals surface area contributed by atoms with Crippen molar-refractivity contribution < 1.29 is 19.1 Å². The van der Waals surface area contributed by atoms with Crippen molar-refractivity contribution >= 4 is 23.5 Å². The molecule has 5 rings (SSSR count). The minimum absolute atomic E-state index is 0.00844. The number of ether oxygens (including phenoxy) is 2. The molecule has 8 nitrogen and oxygen atoms in total. The van der Waals surface area contributed by atoms with Crippen LogP contribution >= 0.6 is 0 Å². The zero-order chi connectivity index (χ0) is 25.6. The zero-order valence-corrected chi connectivity index (χ0v) is 20.1. The van der Waals surface area contributed by atoms with Gasteiger partial charge in [0, 0.05) is 35.4 Å². The predicted octanol–water partition coefficient (Wildman–Crippen LogP) is 4.82. The number of para-hydroxylation sites is 1. The second kappa shape index (κ2) is 10.7. The fourth-order valence-electron chi connectivity index (χ4n) is 3.92. The Labute approximate surface area is 213 Å². The van der Waals surface area contributed by atoms with Gasteiger partial charge in [-0.05, 0) is 42.8 Å². The summed E-state index contributed by atoms with van der Waals surface area (Å²) in [5.41, 5.74) is 3.63. The Morgan fingerprint density at radius 3 is 2.51 bits per heavy atom. The number of pyridine rings is 1. The number of nitrogens with one attached hydrogen (secondary N) is 1. The summed E-state index contributed by atoms with van der Waals surface area (Å²) >= 11 is 0. The van der Waals surface area contributed by atoms with E-state index in [4.69, 9.17) is 14.6 Å². The topological polar surface area (TPSA) is 95.3 Å². The van der Waals surface area contributed by atoms with Crippen LogP contribution in [0.15, 0.2) is 109 Å². The molecule has 0 bridgehead atoms. The van der Waals surface area contributed by atoms with Gasteiger partial charge in [-0.1, -0.05) is 48.5 Å². The largest absolute Gasteiger partial charge is 0.462 e. The smallest absolute Gasteiger partial charge is 0.347 e. The summed E-state index contributed by atoms with van der Waals surface area (Å²) in [5, 5.41) is 7.78. The van der Waals surface area contributed by atoms with Crippen LogP contribution < -0.4 is 5.32 Å². The molecule has 0 fully saturated rings. The molecule has 0 saturated carbocycles. The average molecular weight is 493 g/mol. The molecule has 0 spiro atoms. The fraction of sp³-hybridized carbons (Fsp3) is 0.103. The number of carbonyl (C=O) groups excluding carboxylic acids is 2. The Balaban J connectivity index is 1.52. The van der Waals surface area contributed by atoms with Gasteiger partial charge < -0.3 is 14.8 Å². The first-order valence-corrected chi connectivity index (χ1v) is 11.8. The fourth-order valence-corrected chi connectivity index (χ4v) is 3.92. The third-order valence-corrected chi connectivity index (χ3v) is 5.60. The van der Waals surface area contributed by atoms with Gasteiger partial charge in [-0.15, -0.1) is 0 Å². The number of allylic oxidation sites excluding steroid dienone is 1.